The van der Waals surface area contributed by atoms with Gasteiger partial charge in [-0.15, -0.1) is 0 Å². The highest BCUT2D eigenvalue weighted by Gasteiger charge is 2.13. The van der Waals surface area contributed by atoms with Crippen LogP contribution in [-0.2, 0) is 9.36 Å². The Kier molecular flexibility index (Phi) is 10.7. The minimum absolute atomic E-state index is 0.0550. The van der Waals surface area contributed by atoms with Crippen molar-refractivity contribution in [2.24, 2.45) is 0 Å². The van der Waals surface area contributed by atoms with Crippen LogP contribution in [0.1, 0.15) is 27.7 Å². The highest BCUT2D eigenvalue weighted by Crippen LogP contribution is 2.31. The Hall–Kier alpha value is -1.46. The Morgan fingerprint density at radius 1 is 1.19 bits per heavy atom. The number of nitrogens with one attached hydrogen (secondary N) is 3. The third kappa shape index (κ3) is 13.8. The fourth-order valence-corrected chi connectivity index (χ4v) is 2.14. The lowest BCUT2D eigenvalue weighted by Gasteiger charge is -2.20. The molecule has 0 fully saturated rings. The number of anilines is 2. The van der Waals surface area contributed by atoms with Crippen LogP contribution in [0.3, 0.4) is 0 Å². The van der Waals surface area contributed by atoms with Crippen LogP contribution in [0.2, 0.25) is 0 Å². The van der Waals surface area contributed by atoms with E-state index < -0.39 is 26.4 Å². The van der Waals surface area contributed by atoms with Crippen molar-refractivity contribution >= 4 is 37.2 Å². The van der Waals surface area contributed by atoms with E-state index in [9.17, 15) is 9.36 Å². The van der Waals surface area contributed by atoms with Crippen molar-refractivity contribution in [3.05, 3.63) is 0 Å². The summed E-state index contributed by atoms with van der Waals surface area (Å²) >= 11 is 1.51. The van der Waals surface area contributed by atoms with Crippen LogP contribution in [0.4, 0.5) is 11.9 Å². The third-order valence-corrected chi connectivity index (χ3v) is 3.40. The first-order chi connectivity index (χ1) is 11.9. The molecule has 0 aliphatic heterocycles. The number of thioether (sulfide) groups is 1. The van der Waals surface area contributed by atoms with Gasteiger partial charge in [0, 0.05) is 12.1 Å². The zero-order chi connectivity index (χ0) is 20.4. The van der Waals surface area contributed by atoms with Gasteiger partial charge in [-0.2, -0.15) is 15.0 Å². The van der Waals surface area contributed by atoms with Gasteiger partial charge in [-0.1, -0.05) is 11.8 Å². The molecular formula is C13H27N6O5PS. The molecule has 0 saturated heterocycles. The summed E-state index contributed by atoms with van der Waals surface area (Å²) in [5.41, 5.74) is -0.0550. The van der Waals surface area contributed by atoms with E-state index in [0.29, 0.717) is 11.9 Å². The second-order valence-corrected chi connectivity index (χ2v) is 8.44. The van der Waals surface area contributed by atoms with Crippen molar-refractivity contribution < 1.29 is 24.3 Å². The summed E-state index contributed by atoms with van der Waals surface area (Å²) in [7, 11) is -4.10. The van der Waals surface area contributed by atoms with Crippen molar-refractivity contribution in [2.45, 2.75) is 38.4 Å². The summed E-state index contributed by atoms with van der Waals surface area (Å²) in [5.74, 6) is 0.0878. The Morgan fingerprint density at radius 3 is 2.19 bits per heavy atom. The zero-order valence-corrected chi connectivity index (χ0v) is 17.2. The largest absolute Gasteiger partial charge is 0.480 e. The lowest BCUT2D eigenvalue weighted by molar-refractivity contribution is -0.135. The number of aliphatic carboxylic acids is 1. The quantitative estimate of drug-likeness (QED) is 0.266. The van der Waals surface area contributed by atoms with E-state index >= 15 is 0 Å². The predicted octanol–water partition coefficient (Wildman–Crippen LogP) is 1.03. The topological polar surface area (TPSA) is 170 Å². The van der Waals surface area contributed by atoms with E-state index in [1.807, 2.05) is 13.2 Å². The molecule has 0 bridgehead atoms. The SMILES string of the molecule is CCNc1nc(NC(C)(C)C)nc(SC)n1.O=C(O)CNCP(=O)(O)O. The summed E-state index contributed by atoms with van der Waals surface area (Å²) in [6.45, 7) is 8.59. The molecule has 0 aliphatic carbocycles. The van der Waals surface area contributed by atoms with Gasteiger partial charge in [-0.25, -0.2) is 0 Å². The van der Waals surface area contributed by atoms with Gasteiger partial charge in [-0.05, 0) is 34.0 Å². The van der Waals surface area contributed by atoms with Crippen LogP contribution in [0.15, 0.2) is 5.16 Å². The molecule has 0 atom stereocenters. The number of carboxylic acid groups (broad SMARTS) is 1. The van der Waals surface area contributed by atoms with Crippen molar-refractivity contribution in [3.8, 4) is 0 Å². The maximum Gasteiger partial charge on any atom is 0.339 e. The van der Waals surface area contributed by atoms with Gasteiger partial charge in [-0.3, -0.25) is 14.7 Å². The second kappa shape index (κ2) is 11.3. The summed E-state index contributed by atoms with van der Waals surface area (Å²) < 4.78 is 10.1. The Bertz CT molecular complexity index is 622. The minimum atomic E-state index is -4.10. The standard InChI is InChI=1S/C10H19N5S.C3H8NO5P/c1-6-11-7-12-8(15-10(2,3)4)14-9(13-7)16-5;5-3(6)1-4-2-10(7,8)9/h6H2,1-5H3,(H2,11,12,13,14,15);4H,1-2H2,(H,5,6)(H2,7,8,9). The number of carboxylic acids is 1. The smallest absolute Gasteiger partial charge is 0.339 e. The van der Waals surface area contributed by atoms with E-state index in [4.69, 9.17) is 14.9 Å². The molecule has 11 nitrogen and oxygen atoms in total. The number of hydrogen-bond donors (Lipinski definition) is 6. The van der Waals surface area contributed by atoms with Crippen LogP contribution in [-0.4, -0.2) is 67.0 Å². The molecule has 1 aromatic rings. The number of carbonyl (C=O) groups is 1. The van der Waals surface area contributed by atoms with Gasteiger partial charge in [0.2, 0.25) is 11.9 Å². The first kappa shape index (κ1) is 24.5. The first-order valence-electron chi connectivity index (χ1n) is 7.65. The van der Waals surface area contributed by atoms with Crippen molar-refractivity contribution in [1.29, 1.82) is 0 Å². The highest BCUT2D eigenvalue weighted by atomic mass is 32.2. The molecule has 6 N–H and O–H groups in total. The van der Waals surface area contributed by atoms with Gasteiger partial charge in [0.1, 0.15) is 0 Å². The third-order valence-electron chi connectivity index (χ3n) is 2.21. The predicted molar refractivity (Wildman–Crippen MR) is 102 cm³/mol. The van der Waals surface area contributed by atoms with Gasteiger partial charge >= 0.3 is 13.6 Å². The van der Waals surface area contributed by atoms with E-state index in [1.54, 1.807) is 0 Å². The molecule has 0 amide bonds. The molecule has 0 saturated carbocycles. The normalized spacial score (nSPS) is 11.3. The van der Waals surface area contributed by atoms with Gasteiger partial charge in [0.05, 0.1) is 12.8 Å². The maximum absolute atomic E-state index is 10.1. The molecule has 150 valence electrons. The van der Waals surface area contributed by atoms with E-state index in [2.05, 4.69) is 51.7 Å². The molecule has 13 heteroatoms. The van der Waals surface area contributed by atoms with E-state index in [-0.39, 0.29) is 5.54 Å². The van der Waals surface area contributed by atoms with Crippen LogP contribution in [0.5, 0.6) is 0 Å². The van der Waals surface area contributed by atoms with Crippen molar-refractivity contribution in [2.75, 3.05) is 36.3 Å². The molecule has 26 heavy (non-hydrogen) atoms. The molecule has 0 unspecified atom stereocenters. The van der Waals surface area contributed by atoms with Crippen molar-refractivity contribution in [3.63, 3.8) is 0 Å². The second-order valence-electron chi connectivity index (χ2n) is 6.02. The zero-order valence-electron chi connectivity index (χ0n) is 15.5. The average molecular weight is 410 g/mol. The van der Waals surface area contributed by atoms with Gasteiger partial charge in [0.25, 0.3) is 0 Å². The average Bonchev–Trinajstić information content (AvgIpc) is 2.44. The van der Waals surface area contributed by atoms with Crippen LogP contribution in [0.25, 0.3) is 0 Å². The number of hydrogen-bond acceptors (Lipinski definition) is 9. The minimum Gasteiger partial charge on any atom is -0.480 e. The molecule has 0 aliphatic rings. The lowest BCUT2D eigenvalue weighted by Crippen LogP contribution is -2.27. The summed E-state index contributed by atoms with van der Waals surface area (Å²) in [6.07, 6.45) is 1.35. The molecule has 1 rings (SSSR count). The van der Waals surface area contributed by atoms with Gasteiger partial charge in [0.15, 0.2) is 5.16 Å². The van der Waals surface area contributed by atoms with Crippen LogP contribution in [0, 0.1) is 0 Å². The maximum atomic E-state index is 10.1. The van der Waals surface area contributed by atoms with E-state index in [0.717, 1.165) is 11.7 Å². The summed E-state index contributed by atoms with van der Waals surface area (Å²) in [4.78, 5) is 39.0. The van der Waals surface area contributed by atoms with E-state index in [1.165, 1.54) is 11.8 Å². The Morgan fingerprint density at radius 2 is 1.77 bits per heavy atom. The number of rotatable bonds is 8. The van der Waals surface area contributed by atoms with Crippen LogP contribution < -0.4 is 16.0 Å². The molecule has 0 radical (unpaired) electrons. The molecule has 1 heterocycles. The first-order valence-corrected chi connectivity index (χ1v) is 10.7. The monoisotopic (exact) mass is 410 g/mol. The number of nitrogens with zero attached hydrogens (tertiary/aromatic N) is 3. The Labute approximate surface area is 157 Å². The fraction of sp³-hybridized carbons (Fsp3) is 0.692. The lowest BCUT2D eigenvalue weighted by atomic mass is 10.1. The molecular weight excluding hydrogens is 383 g/mol. The molecule has 0 spiro atoms. The Balaban J connectivity index is 0.000000541. The molecule has 1 aromatic heterocycles. The summed E-state index contributed by atoms with van der Waals surface area (Å²) in [5, 5.41) is 17.1. The summed E-state index contributed by atoms with van der Waals surface area (Å²) in [6, 6.07) is 0. The fourth-order valence-electron chi connectivity index (χ4n) is 1.38. The highest BCUT2D eigenvalue weighted by molar-refractivity contribution is 7.98. The number of aromatic nitrogens is 3. The molecule has 0 aromatic carbocycles. The van der Waals surface area contributed by atoms with Gasteiger partial charge < -0.3 is 25.5 Å². The van der Waals surface area contributed by atoms with Crippen LogP contribution >= 0.6 is 19.4 Å². The van der Waals surface area contributed by atoms with Crippen molar-refractivity contribution in [1.82, 2.24) is 20.3 Å².